The SMILES string of the molecule is O=C1C(Br)=CC2C(=C1Br)Oc1c(cc(Br)c(O)c1Br)C21OC(=O)c2c(Cl)c(Cl)c(Cl)c(Cl)c21. The number of phenolic OH excluding ortho intramolecular Hbond substituents is 1. The van der Waals surface area contributed by atoms with Crippen molar-refractivity contribution in [3.63, 3.8) is 0 Å². The maximum atomic E-state index is 13.2. The number of aromatic hydroxyl groups is 1. The number of halogens is 8. The highest BCUT2D eigenvalue weighted by molar-refractivity contribution is 9.13. The summed E-state index contributed by atoms with van der Waals surface area (Å²) in [5, 5.41) is 10.2. The van der Waals surface area contributed by atoms with E-state index in [1.54, 1.807) is 6.08 Å². The number of esters is 1. The highest BCUT2D eigenvalue weighted by Crippen LogP contribution is 2.64. The van der Waals surface area contributed by atoms with Crippen LogP contribution >= 0.6 is 110 Å². The molecule has 1 spiro atoms. The second-order valence-electron chi connectivity index (χ2n) is 7.13. The Labute approximate surface area is 239 Å². The van der Waals surface area contributed by atoms with Crippen LogP contribution in [-0.4, -0.2) is 16.9 Å². The quantitative estimate of drug-likeness (QED) is 0.165. The molecule has 2 aromatic rings. The molecule has 33 heavy (non-hydrogen) atoms. The fourth-order valence-corrected chi connectivity index (χ4v) is 7.68. The topological polar surface area (TPSA) is 72.8 Å². The number of rotatable bonds is 0. The molecule has 0 fully saturated rings. The minimum Gasteiger partial charge on any atom is -0.505 e. The van der Waals surface area contributed by atoms with E-state index in [0.717, 1.165) is 0 Å². The lowest BCUT2D eigenvalue weighted by molar-refractivity contribution is -0.111. The summed E-state index contributed by atoms with van der Waals surface area (Å²) in [6.45, 7) is 0. The third-order valence-electron chi connectivity index (χ3n) is 5.52. The van der Waals surface area contributed by atoms with Crippen LogP contribution in [0.4, 0.5) is 0 Å². The summed E-state index contributed by atoms with van der Waals surface area (Å²) in [5.41, 5.74) is -1.23. The molecule has 1 aliphatic carbocycles. The van der Waals surface area contributed by atoms with Gasteiger partial charge in [-0.05, 0) is 69.8 Å². The van der Waals surface area contributed by atoms with Crippen molar-refractivity contribution in [2.75, 3.05) is 0 Å². The van der Waals surface area contributed by atoms with Gasteiger partial charge >= 0.3 is 5.97 Å². The minimum atomic E-state index is -1.66. The minimum absolute atomic E-state index is 0.0445. The lowest BCUT2D eigenvalue weighted by atomic mass is 9.71. The number of phenols is 1. The normalized spacial score (nSPS) is 23.2. The third kappa shape index (κ3) is 3.13. The van der Waals surface area contributed by atoms with Gasteiger partial charge in [0, 0.05) is 11.1 Å². The van der Waals surface area contributed by atoms with Gasteiger partial charge in [0.25, 0.3) is 0 Å². The van der Waals surface area contributed by atoms with Gasteiger partial charge in [-0.1, -0.05) is 52.5 Å². The highest BCUT2D eigenvalue weighted by Gasteiger charge is 2.61. The van der Waals surface area contributed by atoms with E-state index in [4.69, 9.17) is 55.9 Å². The van der Waals surface area contributed by atoms with Crippen LogP contribution < -0.4 is 4.74 Å². The second-order valence-corrected chi connectivity index (χ2v) is 11.9. The van der Waals surface area contributed by atoms with Crippen molar-refractivity contribution in [1.29, 1.82) is 0 Å². The summed E-state index contributed by atoms with van der Waals surface area (Å²) < 4.78 is 12.9. The standard InChI is InChI=1S/C20H4Br4Cl4O5/c21-5-1-3-17(9(23)15(5)29)32-18-4(2-6(22)16(30)10(18)24)20(3)8-7(19(31)33-20)11(25)13(27)14(28)12(8)26/h1-3,30H. The van der Waals surface area contributed by atoms with E-state index in [0.29, 0.717) is 5.56 Å². The Kier molecular flexibility index (Phi) is 6.02. The van der Waals surface area contributed by atoms with Crippen molar-refractivity contribution in [1.82, 2.24) is 0 Å². The number of fused-ring (bicyclic) bond motifs is 6. The summed E-state index contributed by atoms with van der Waals surface area (Å²) in [6, 6.07) is 1.54. The Balaban J connectivity index is 2.01. The summed E-state index contributed by atoms with van der Waals surface area (Å²) in [7, 11) is 0. The number of allylic oxidation sites excluding steroid dienone is 2. The van der Waals surface area contributed by atoms with Crippen LogP contribution in [0.3, 0.4) is 0 Å². The van der Waals surface area contributed by atoms with Gasteiger partial charge in [-0.3, -0.25) is 4.79 Å². The molecule has 0 saturated carbocycles. The number of ketones is 1. The fourth-order valence-electron chi connectivity index (χ4n) is 4.13. The molecule has 13 heteroatoms. The number of hydrogen-bond acceptors (Lipinski definition) is 5. The molecule has 0 radical (unpaired) electrons. The summed E-state index contributed by atoms with van der Waals surface area (Å²) in [6.07, 6.45) is 1.55. The molecule has 2 aromatic carbocycles. The number of Topliss-reactive ketones (excluding diaryl/α,β-unsaturated/α-hetero) is 1. The Morgan fingerprint density at radius 2 is 1.61 bits per heavy atom. The van der Waals surface area contributed by atoms with E-state index in [9.17, 15) is 14.7 Å². The van der Waals surface area contributed by atoms with Gasteiger partial charge in [-0.15, -0.1) is 0 Å². The lowest BCUT2D eigenvalue weighted by Crippen LogP contribution is -2.44. The number of carbonyl (C=O) groups is 2. The first kappa shape index (κ1) is 24.4. The molecule has 3 aliphatic rings. The molecule has 170 valence electrons. The molecule has 0 aromatic heterocycles. The number of benzene rings is 2. The maximum Gasteiger partial charge on any atom is 0.341 e. The fraction of sp³-hybridized carbons (Fsp3) is 0.100. The molecule has 1 N–H and O–H groups in total. The Morgan fingerprint density at radius 3 is 2.27 bits per heavy atom. The smallest absolute Gasteiger partial charge is 0.341 e. The monoisotopic (exact) mass is 780 g/mol. The maximum absolute atomic E-state index is 13.2. The average Bonchev–Trinajstić information content (AvgIpc) is 3.08. The predicted octanol–water partition coefficient (Wildman–Crippen LogP) is 8.42. The van der Waals surface area contributed by atoms with E-state index in [1.807, 2.05) is 0 Å². The molecular weight excluding hydrogens is 782 g/mol. The van der Waals surface area contributed by atoms with Crippen LogP contribution in [0.15, 0.2) is 35.8 Å². The Bertz CT molecular complexity index is 1420. The lowest BCUT2D eigenvalue weighted by Gasteiger charge is -2.43. The number of hydrogen-bond donors (Lipinski definition) is 1. The molecule has 5 rings (SSSR count). The van der Waals surface area contributed by atoms with Crippen molar-refractivity contribution < 1.29 is 24.2 Å². The highest BCUT2D eigenvalue weighted by atomic mass is 79.9. The Hall–Kier alpha value is -0.260. The van der Waals surface area contributed by atoms with Gasteiger partial charge in [-0.2, -0.15) is 0 Å². The van der Waals surface area contributed by atoms with Crippen molar-refractivity contribution in [3.8, 4) is 11.5 Å². The van der Waals surface area contributed by atoms with E-state index in [2.05, 4.69) is 63.7 Å². The van der Waals surface area contributed by atoms with Gasteiger partial charge in [0.2, 0.25) is 5.78 Å². The summed E-state index contributed by atoms with van der Waals surface area (Å²) in [4.78, 5) is 25.9. The van der Waals surface area contributed by atoms with Gasteiger partial charge < -0.3 is 14.6 Å². The summed E-state index contributed by atoms with van der Waals surface area (Å²) in [5.74, 6) is -1.97. The molecule has 2 heterocycles. The molecule has 2 atom stereocenters. The zero-order valence-electron chi connectivity index (χ0n) is 15.3. The van der Waals surface area contributed by atoms with E-state index in [1.165, 1.54) is 6.07 Å². The van der Waals surface area contributed by atoms with Gasteiger partial charge in [0.05, 0.1) is 40.5 Å². The first-order valence-electron chi connectivity index (χ1n) is 8.74. The van der Waals surface area contributed by atoms with E-state index < -0.39 is 17.5 Å². The number of ether oxygens (including phenoxy) is 2. The van der Waals surface area contributed by atoms with Gasteiger partial charge in [0.1, 0.15) is 20.5 Å². The van der Waals surface area contributed by atoms with E-state index in [-0.39, 0.29) is 72.2 Å². The second kappa shape index (κ2) is 8.13. The molecular formula is C20H4Br4Cl4O5. The zero-order chi connectivity index (χ0) is 24.1. The van der Waals surface area contributed by atoms with Crippen molar-refractivity contribution in [2.45, 2.75) is 5.60 Å². The molecule has 2 aliphatic heterocycles. The largest absolute Gasteiger partial charge is 0.505 e. The first-order chi connectivity index (χ1) is 15.4. The van der Waals surface area contributed by atoms with Crippen LogP contribution in [0.25, 0.3) is 0 Å². The zero-order valence-corrected chi connectivity index (χ0v) is 24.7. The van der Waals surface area contributed by atoms with Crippen LogP contribution in [0.1, 0.15) is 21.5 Å². The van der Waals surface area contributed by atoms with Gasteiger partial charge in [0.15, 0.2) is 11.4 Å². The number of carbonyl (C=O) groups excluding carboxylic acids is 2. The average molecular weight is 786 g/mol. The van der Waals surface area contributed by atoms with Crippen LogP contribution in [-0.2, 0) is 15.1 Å². The molecule has 0 amide bonds. The van der Waals surface area contributed by atoms with Gasteiger partial charge in [-0.25, -0.2) is 4.79 Å². The molecule has 0 saturated heterocycles. The third-order valence-corrected chi connectivity index (χ3v) is 10.0. The first-order valence-corrected chi connectivity index (χ1v) is 13.4. The van der Waals surface area contributed by atoms with Crippen molar-refractivity contribution in [2.24, 2.45) is 5.92 Å². The molecule has 0 bridgehead atoms. The molecule has 2 unspecified atom stereocenters. The van der Waals surface area contributed by atoms with Crippen LogP contribution in [0.2, 0.25) is 20.1 Å². The predicted molar refractivity (Wildman–Crippen MR) is 138 cm³/mol. The van der Waals surface area contributed by atoms with E-state index >= 15 is 0 Å². The van der Waals surface area contributed by atoms with Crippen LogP contribution in [0.5, 0.6) is 11.5 Å². The Morgan fingerprint density at radius 1 is 0.970 bits per heavy atom. The summed E-state index contributed by atoms with van der Waals surface area (Å²) >= 11 is 38.9. The molecule has 5 nitrogen and oxygen atoms in total. The van der Waals surface area contributed by atoms with Crippen molar-refractivity contribution in [3.05, 3.63) is 72.6 Å². The van der Waals surface area contributed by atoms with Crippen LogP contribution in [0, 0.1) is 5.92 Å². The van der Waals surface area contributed by atoms with Crippen molar-refractivity contribution >= 4 is 122 Å².